The molecule has 8 heteroatoms. The summed E-state index contributed by atoms with van der Waals surface area (Å²) in [4.78, 5) is 29.3. The number of amides is 2. The van der Waals surface area contributed by atoms with E-state index in [4.69, 9.17) is 20.8 Å². The number of halogens is 1. The summed E-state index contributed by atoms with van der Waals surface area (Å²) in [5.41, 5.74) is 2.24. The Bertz CT molecular complexity index is 1090. The molecule has 0 N–H and O–H groups in total. The summed E-state index contributed by atoms with van der Waals surface area (Å²) >= 11 is 5.72. The van der Waals surface area contributed by atoms with Crippen molar-refractivity contribution in [2.45, 2.75) is 25.9 Å². The second-order valence-corrected chi connectivity index (χ2v) is 8.15. The smallest absolute Gasteiger partial charge is 0.270 e. The van der Waals surface area contributed by atoms with Gasteiger partial charge in [-0.05, 0) is 36.8 Å². The Kier molecular flexibility index (Phi) is 6.23. The van der Waals surface area contributed by atoms with Crippen LogP contribution in [-0.2, 0) is 11.3 Å². The van der Waals surface area contributed by atoms with E-state index in [9.17, 15) is 9.59 Å². The largest absolute Gasteiger partial charge is 0.497 e. The molecule has 31 heavy (non-hydrogen) atoms. The third-order valence-corrected chi connectivity index (χ3v) is 5.93. The normalized spacial score (nSPS) is 16.7. The highest BCUT2D eigenvalue weighted by molar-refractivity contribution is 6.18. The van der Waals surface area contributed by atoms with Crippen LogP contribution < -0.4 is 4.74 Å². The Morgan fingerprint density at radius 2 is 2.06 bits per heavy atom. The van der Waals surface area contributed by atoms with Crippen LogP contribution in [0.3, 0.4) is 0 Å². The van der Waals surface area contributed by atoms with Crippen molar-refractivity contribution in [1.82, 2.24) is 14.4 Å². The molecule has 1 fully saturated rings. The number of methoxy groups -OCH3 is 1. The minimum Gasteiger partial charge on any atom is -0.497 e. The lowest BCUT2D eigenvalue weighted by atomic mass is 10.1. The monoisotopic (exact) mass is 443 g/mol. The number of ether oxygens (including phenoxy) is 1. The van der Waals surface area contributed by atoms with Crippen LogP contribution in [0.4, 0.5) is 0 Å². The first-order valence-corrected chi connectivity index (χ1v) is 10.9. The van der Waals surface area contributed by atoms with Crippen molar-refractivity contribution in [3.63, 3.8) is 0 Å². The van der Waals surface area contributed by atoms with Crippen molar-refractivity contribution >= 4 is 34.5 Å². The molecule has 2 aromatic heterocycles. The van der Waals surface area contributed by atoms with Gasteiger partial charge in [0.05, 0.1) is 19.9 Å². The van der Waals surface area contributed by atoms with Crippen molar-refractivity contribution in [2.24, 2.45) is 0 Å². The van der Waals surface area contributed by atoms with E-state index in [1.54, 1.807) is 13.4 Å². The van der Waals surface area contributed by atoms with E-state index in [1.165, 1.54) is 0 Å². The third kappa shape index (κ3) is 4.28. The highest BCUT2D eigenvalue weighted by atomic mass is 35.5. The van der Waals surface area contributed by atoms with Gasteiger partial charge in [0.15, 0.2) is 0 Å². The second-order valence-electron chi connectivity index (χ2n) is 7.77. The summed E-state index contributed by atoms with van der Waals surface area (Å²) in [7, 11) is 1.63. The number of alkyl halides is 1. The van der Waals surface area contributed by atoms with Crippen LogP contribution in [-0.4, -0.2) is 64.8 Å². The van der Waals surface area contributed by atoms with Gasteiger partial charge in [0.1, 0.15) is 11.4 Å². The van der Waals surface area contributed by atoms with Gasteiger partial charge in [-0.1, -0.05) is 12.1 Å². The van der Waals surface area contributed by atoms with Crippen LogP contribution in [0.2, 0.25) is 0 Å². The summed E-state index contributed by atoms with van der Waals surface area (Å²) < 4.78 is 12.9. The average molecular weight is 444 g/mol. The van der Waals surface area contributed by atoms with Crippen LogP contribution >= 0.6 is 11.6 Å². The number of nitrogens with zero attached hydrogens (tertiary/aromatic N) is 3. The molecular weight excluding hydrogens is 418 g/mol. The van der Waals surface area contributed by atoms with Crippen LogP contribution in [0.1, 0.15) is 29.4 Å². The Hall–Kier alpha value is -2.93. The van der Waals surface area contributed by atoms with Gasteiger partial charge in [-0.3, -0.25) is 9.59 Å². The molecule has 7 nitrogen and oxygen atoms in total. The lowest BCUT2D eigenvalue weighted by molar-refractivity contribution is -0.134. The number of hydrogen-bond acceptors (Lipinski definition) is 4. The standard InChI is InChI=1S/C23H26ClN3O4/c1-16-14-25(9-10-26(16)21(28)6-8-24)22(29)20-13-18-7-11-31-23(18)27(20)15-17-4-3-5-19(12-17)30-2/h3-5,7,11-13,16H,6,8-10,14-15H2,1-2H3. The molecule has 2 amide bonds. The molecular formula is C23H26ClN3O4. The van der Waals surface area contributed by atoms with Crippen LogP contribution in [0.5, 0.6) is 5.75 Å². The van der Waals surface area contributed by atoms with E-state index in [1.807, 2.05) is 57.7 Å². The maximum absolute atomic E-state index is 13.5. The average Bonchev–Trinajstić information content (AvgIpc) is 3.36. The summed E-state index contributed by atoms with van der Waals surface area (Å²) in [6.45, 7) is 3.93. The van der Waals surface area contributed by atoms with E-state index in [0.29, 0.717) is 49.9 Å². The molecule has 1 atom stereocenters. The van der Waals surface area contributed by atoms with Gasteiger partial charge < -0.3 is 23.5 Å². The fraction of sp³-hybridized carbons (Fsp3) is 0.391. The summed E-state index contributed by atoms with van der Waals surface area (Å²) in [6, 6.07) is 11.4. The summed E-state index contributed by atoms with van der Waals surface area (Å²) in [5, 5.41) is 0.884. The number of carbonyl (C=O) groups excluding carboxylic acids is 2. The molecule has 0 bridgehead atoms. The van der Waals surface area contributed by atoms with Gasteiger partial charge in [0.2, 0.25) is 11.6 Å². The molecule has 164 valence electrons. The fourth-order valence-electron chi connectivity index (χ4n) is 4.16. The number of carbonyl (C=O) groups is 2. The molecule has 0 saturated carbocycles. The molecule has 0 radical (unpaired) electrons. The lowest BCUT2D eigenvalue weighted by Gasteiger charge is -2.40. The van der Waals surface area contributed by atoms with Crippen LogP contribution in [0.25, 0.3) is 11.1 Å². The van der Waals surface area contributed by atoms with Crippen molar-refractivity contribution in [1.29, 1.82) is 0 Å². The minimum absolute atomic E-state index is 0.0357. The minimum atomic E-state index is -0.0643. The Morgan fingerprint density at radius 1 is 1.23 bits per heavy atom. The zero-order valence-electron chi connectivity index (χ0n) is 17.7. The number of aromatic nitrogens is 1. The number of rotatable bonds is 6. The molecule has 1 saturated heterocycles. The van der Waals surface area contributed by atoms with E-state index in [-0.39, 0.29) is 17.9 Å². The lowest BCUT2D eigenvalue weighted by Crippen LogP contribution is -2.55. The predicted molar refractivity (Wildman–Crippen MR) is 119 cm³/mol. The fourth-order valence-corrected chi connectivity index (χ4v) is 4.32. The second kappa shape index (κ2) is 9.06. The maximum Gasteiger partial charge on any atom is 0.270 e. The summed E-state index contributed by atoms with van der Waals surface area (Å²) in [6.07, 6.45) is 1.95. The van der Waals surface area contributed by atoms with Gasteiger partial charge in [-0.15, -0.1) is 11.6 Å². The number of fused-ring (bicyclic) bond motifs is 1. The SMILES string of the molecule is COc1cccc(Cn2c(C(=O)N3CCN(C(=O)CCCl)C(C)C3)cc3ccoc32)c1. The predicted octanol–water partition coefficient (Wildman–Crippen LogP) is 3.59. The molecule has 0 aliphatic carbocycles. The molecule has 1 aliphatic rings. The topological polar surface area (TPSA) is 67.9 Å². The number of hydrogen-bond donors (Lipinski definition) is 0. The van der Waals surface area contributed by atoms with Gasteiger partial charge in [-0.25, -0.2) is 0 Å². The van der Waals surface area contributed by atoms with Crippen LogP contribution in [0, 0.1) is 0 Å². The number of furan rings is 1. The first-order chi connectivity index (χ1) is 15.0. The van der Waals surface area contributed by atoms with E-state index >= 15 is 0 Å². The highest BCUT2D eigenvalue weighted by Crippen LogP contribution is 2.25. The molecule has 1 aliphatic heterocycles. The zero-order valence-corrected chi connectivity index (χ0v) is 18.5. The Balaban J connectivity index is 1.58. The van der Waals surface area contributed by atoms with Gasteiger partial charge in [-0.2, -0.15) is 0 Å². The van der Waals surface area contributed by atoms with Gasteiger partial charge in [0.25, 0.3) is 5.91 Å². The zero-order chi connectivity index (χ0) is 22.0. The first kappa shape index (κ1) is 21.3. The molecule has 1 unspecified atom stereocenters. The summed E-state index contributed by atoms with van der Waals surface area (Å²) in [5.74, 6) is 1.04. The van der Waals surface area contributed by atoms with Gasteiger partial charge >= 0.3 is 0 Å². The quantitative estimate of drug-likeness (QED) is 0.546. The molecule has 3 aromatic rings. The number of piperazine rings is 1. The van der Waals surface area contributed by atoms with E-state index < -0.39 is 0 Å². The molecule has 0 spiro atoms. The highest BCUT2D eigenvalue weighted by Gasteiger charge is 2.31. The number of benzene rings is 1. The third-order valence-electron chi connectivity index (χ3n) is 5.74. The molecule has 1 aromatic carbocycles. The van der Waals surface area contributed by atoms with Crippen LogP contribution in [0.15, 0.2) is 47.1 Å². The molecule has 4 rings (SSSR count). The van der Waals surface area contributed by atoms with E-state index in [0.717, 1.165) is 16.7 Å². The Labute approximate surface area is 186 Å². The van der Waals surface area contributed by atoms with Crippen molar-refractivity contribution in [3.05, 3.63) is 53.9 Å². The van der Waals surface area contributed by atoms with Gasteiger partial charge in [0, 0.05) is 43.4 Å². The van der Waals surface area contributed by atoms with E-state index in [2.05, 4.69) is 0 Å². The van der Waals surface area contributed by atoms with Crippen molar-refractivity contribution < 1.29 is 18.7 Å². The van der Waals surface area contributed by atoms with Crippen molar-refractivity contribution in [2.75, 3.05) is 32.6 Å². The first-order valence-electron chi connectivity index (χ1n) is 10.4. The Morgan fingerprint density at radius 3 is 2.81 bits per heavy atom. The van der Waals surface area contributed by atoms with Crippen molar-refractivity contribution in [3.8, 4) is 5.75 Å². The maximum atomic E-state index is 13.5. The molecule has 3 heterocycles.